The van der Waals surface area contributed by atoms with Crippen molar-refractivity contribution in [1.29, 1.82) is 0 Å². The third-order valence-electron chi connectivity index (χ3n) is 1.49. The van der Waals surface area contributed by atoms with Gasteiger partial charge in [-0.2, -0.15) is 0 Å². The zero-order valence-electron chi connectivity index (χ0n) is 6.00. The number of benzene rings is 1. The molecule has 0 bridgehead atoms. The lowest BCUT2D eigenvalue weighted by Crippen LogP contribution is -1.87. The van der Waals surface area contributed by atoms with Crippen LogP contribution in [0.4, 0.5) is 4.39 Å². The average Bonchev–Trinajstić information content (AvgIpc) is 1.99. The van der Waals surface area contributed by atoms with E-state index in [2.05, 4.69) is 0 Å². The Morgan fingerprint density at radius 3 is 2.45 bits per heavy atom. The van der Waals surface area contributed by atoms with Crippen LogP contribution in [0.25, 0.3) is 0 Å². The van der Waals surface area contributed by atoms with Gasteiger partial charge in [0, 0.05) is 5.02 Å². The topological polar surface area (TPSA) is 0 Å². The SMILES string of the molecule is CCc1c(Cl)ccc(F)c1Cl. The molecule has 1 aromatic rings. The quantitative estimate of drug-likeness (QED) is 0.596. The molecule has 1 rings (SSSR count). The molecule has 0 amide bonds. The van der Waals surface area contributed by atoms with Gasteiger partial charge in [0.15, 0.2) is 0 Å². The van der Waals surface area contributed by atoms with Gasteiger partial charge in [-0.3, -0.25) is 0 Å². The van der Waals surface area contributed by atoms with E-state index in [9.17, 15) is 4.39 Å². The summed E-state index contributed by atoms with van der Waals surface area (Å²) in [4.78, 5) is 0. The van der Waals surface area contributed by atoms with Gasteiger partial charge in [0.2, 0.25) is 0 Å². The second-order valence-corrected chi connectivity index (χ2v) is 2.96. The predicted octanol–water partition coefficient (Wildman–Crippen LogP) is 3.69. The van der Waals surface area contributed by atoms with Crippen LogP contribution in [0, 0.1) is 5.82 Å². The third-order valence-corrected chi connectivity index (χ3v) is 2.26. The van der Waals surface area contributed by atoms with Crippen LogP contribution in [0.3, 0.4) is 0 Å². The summed E-state index contributed by atoms with van der Waals surface area (Å²) in [6.45, 7) is 1.88. The van der Waals surface area contributed by atoms with E-state index in [1.165, 1.54) is 12.1 Å². The van der Waals surface area contributed by atoms with Crippen molar-refractivity contribution in [3.63, 3.8) is 0 Å². The smallest absolute Gasteiger partial charge is 0.142 e. The molecular formula is C8H7Cl2F. The van der Waals surface area contributed by atoms with E-state index in [0.717, 1.165) is 0 Å². The van der Waals surface area contributed by atoms with Crippen molar-refractivity contribution in [3.05, 3.63) is 33.6 Å². The molecule has 0 fully saturated rings. The molecule has 0 heterocycles. The fourth-order valence-corrected chi connectivity index (χ4v) is 1.53. The minimum Gasteiger partial charge on any atom is -0.205 e. The largest absolute Gasteiger partial charge is 0.205 e. The molecule has 0 N–H and O–H groups in total. The molecule has 0 aromatic heterocycles. The van der Waals surface area contributed by atoms with Crippen LogP contribution < -0.4 is 0 Å². The molecule has 0 saturated heterocycles. The normalized spacial score (nSPS) is 10.2. The molecule has 0 spiro atoms. The highest BCUT2D eigenvalue weighted by Crippen LogP contribution is 2.27. The number of rotatable bonds is 1. The maximum atomic E-state index is 12.8. The zero-order valence-corrected chi connectivity index (χ0v) is 7.51. The molecule has 11 heavy (non-hydrogen) atoms. The molecule has 0 radical (unpaired) electrons. The molecule has 0 aliphatic heterocycles. The van der Waals surface area contributed by atoms with Gasteiger partial charge >= 0.3 is 0 Å². The van der Waals surface area contributed by atoms with Crippen molar-refractivity contribution >= 4 is 23.2 Å². The molecule has 1 aromatic carbocycles. The Morgan fingerprint density at radius 1 is 1.36 bits per heavy atom. The van der Waals surface area contributed by atoms with E-state index in [1.54, 1.807) is 0 Å². The van der Waals surface area contributed by atoms with Gasteiger partial charge in [-0.1, -0.05) is 30.1 Å². The van der Waals surface area contributed by atoms with Crippen molar-refractivity contribution in [3.8, 4) is 0 Å². The van der Waals surface area contributed by atoms with Crippen molar-refractivity contribution in [2.75, 3.05) is 0 Å². The fourth-order valence-electron chi connectivity index (χ4n) is 0.893. The fraction of sp³-hybridized carbons (Fsp3) is 0.250. The first-order chi connectivity index (χ1) is 5.16. The van der Waals surface area contributed by atoms with Crippen LogP contribution in [0.15, 0.2) is 12.1 Å². The average molecular weight is 193 g/mol. The summed E-state index contributed by atoms with van der Waals surface area (Å²) in [5, 5.41) is 0.666. The summed E-state index contributed by atoms with van der Waals surface area (Å²) in [5.41, 5.74) is 0.674. The first kappa shape index (κ1) is 8.82. The van der Waals surface area contributed by atoms with Gasteiger partial charge in [-0.25, -0.2) is 4.39 Å². The number of halogens is 3. The highest BCUT2D eigenvalue weighted by atomic mass is 35.5. The predicted molar refractivity (Wildman–Crippen MR) is 45.8 cm³/mol. The molecule has 60 valence electrons. The molecular weight excluding hydrogens is 186 g/mol. The van der Waals surface area contributed by atoms with Crippen molar-refractivity contribution in [1.82, 2.24) is 0 Å². The first-order valence-corrected chi connectivity index (χ1v) is 4.04. The van der Waals surface area contributed by atoms with Gasteiger partial charge in [0.1, 0.15) is 5.82 Å². The Kier molecular flexibility index (Phi) is 2.74. The van der Waals surface area contributed by atoms with E-state index in [-0.39, 0.29) is 5.02 Å². The van der Waals surface area contributed by atoms with Crippen molar-refractivity contribution < 1.29 is 4.39 Å². The van der Waals surface area contributed by atoms with Crippen LogP contribution in [0.5, 0.6) is 0 Å². The standard InChI is InChI=1S/C8H7Cl2F/c1-2-5-6(9)3-4-7(11)8(5)10/h3-4H,2H2,1H3. The maximum absolute atomic E-state index is 12.8. The molecule has 0 aliphatic rings. The lowest BCUT2D eigenvalue weighted by Gasteiger charge is -2.03. The van der Waals surface area contributed by atoms with Crippen LogP contribution in [-0.4, -0.2) is 0 Å². The van der Waals surface area contributed by atoms with Crippen LogP contribution in [0.1, 0.15) is 12.5 Å². The summed E-state index contributed by atoms with van der Waals surface area (Å²) in [7, 11) is 0. The van der Waals surface area contributed by atoms with Crippen LogP contribution in [0.2, 0.25) is 10.0 Å². The third kappa shape index (κ3) is 1.66. The van der Waals surface area contributed by atoms with Gasteiger partial charge in [-0.15, -0.1) is 0 Å². The van der Waals surface area contributed by atoms with Crippen LogP contribution in [-0.2, 0) is 6.42 Å². The van der Waals surface area contributed by atoms with E-state index in [1.807, 2.05) is 6.92 Å². The molecule has 0 atom stereocenters. The Hall–Kier alpha value is -0.270. The summed E-state index contributed by atoms with van der Waals surface area (Å²) >= 11 is 11.4. The van der Waals surface area contributed by atoms with Gasteiger partial charge in [0.05, 0.1) is 5.02 Å². The highest BCUT2D eigenvalue weighted by Gasteiger charge is 2.07. The van der Waals surface area contributed by atoms with E-state index >= 15 is 0 Å². The lowest BCUT2D eigenvalue weighted by atomic mass is 10.2. The summed E-state index contributed by atoms with van der Waals surface area (Å²) in [5.74, 6) is -0.409. The summed E-state index contributed by atoms with van der Waals surface area (Å²) < 4.78 is 12.8. The Balaban J connectivity index is 3.29. The highest BCUT2D eigenvalue weighted by molar-refractivity contribution is 6.36. The molecule has 0 unspecified atom stereocenters. The van der Waals surface area contributed by atoms with Gasteiger partial charge in [0.25, 0.3) is 0 Å². The number of hydrogen-bond acceptors (Lipinski definition) is 0. The van der Waals surface area contributed by atoms with E-state index in [4.69, 9.17) is 23.2 Å². The minimum atomic E-state index is -0.409. The van der Waals surface area contributed by atoms with Gasteiger partial charge in [-0.05, 0) is 24.1 Å². The molecule has 3 heteroatoms. The van der Waals surface area contributed by atoms with Crippen molar-refractivity contribution in [2.45, 2.75) is 13.3 Å². The summed E-state index contributed by atoms with van der Waals surface area (Å²) in [6.07, 6.45) is 0.648. The second kappa shape index (κ2) is 3.42. The molecule has 0 aliphatic carbocycles. The first-order valence-electron chi connectivity index (χ1n) is 3.29. The zero-order chi connectivity index (χ0) is 8.43. The van der Waals surface area contributed by atoms with E-state index in [0.29, 0.717) is 17.0 Å². The number of hydrogen-bond donors (Lipinski definition) is 0. The molecule has 0 saturated carbocycles. The van der Waals surface area contributed by atoms with Crippen molar-refractivity contribution in [2.24, 2.45) is 0 Å². The monoisotopic (exact) mass is 192 g/mol. The summed E-state index contributed by atoms with van der Waals surface area (Å²) in [6, 6.07) is 2.78. The minimum absolute atomic E-state index is 0.139. The molecule has 0 nitrogen and oxygen atoms in total. The Morgan fingerprint density at radius 2 is 2.00 bits per heavy atom. The maximum Gasteiger partial charge on any atom is 0.142 e. The van der Waals surface area contributed by atoms with Crippen LogP contribution >= 0.6 is 23.2 Å². The lowest BCUT2D eigenvalue weighted by molar-refractivity contribution is 0.626. The Bertz CT molecular complexity index is 271. The second-order valence-electron chi connectivity index (χ2n) is 2.18. The Labute approximate surface area is 74.9 Å². The van der Waals surface area contributed by atoms with E-state index < -0.39 is 5.82 Å². The van der Waals surface area contributed by atoms with Gasteiger partial charge < -0.3 is 0 Å².